The van der Waals surface area contributed by atoms with Crippen LogP contribution in [-0.2, 0) is 16.1 Å². The van der Waals surface area contributed by atoms with Gasteiger partial charge in [0.1, 0.15) is 0 Å². The molecule has 0 aliphatic heterocycles. The predicted octanol–water partition coefficient (Wildman–Crippen LogP) is 2.68. The van der Waals surface area contributed by atoms with Gasteiger partial charge in [-0.1, -0.05) is 36.4 Å². The minimum atomic E-state index is -0.120. The van der Waals surface area contributed by atoms with Gasteiger partial charge in [-0.25, -0.2) is 0 Å². The molecule has 0 aliphatic carbocycles. The third-order valence-corrected chi connectivity index (χ3v) is 3.42. The highest BCUT2D eigenvalue weighted by molar-refractivity contribution is 5.91. The van der Waals surface area contributed by atoms with Gasteiger partial charge in [0.2, 0.25) is 11.8 Å². The van der Waals surface area contributed by atoms with Gasteiger partial charge in [-0.15, -0.1) is 0 Å². The van der Waals surface area contributed by atoms with E-state index in [0.29, 0.717) is 6.54 Å². The largest absolute Gasteiger partial charge is 0.376 e. The summed E-state index contributed by atoms with van der Waals surface area (Å²) in [6, 6.07) is 15.3. The molecule has 0 saturated carbocycles. The van der Waals surface area contributed by atoms with E-state index in [0.717, 1.165) is 22.5 Å². The standard InChI is InChI=1S/C18H21N3O2/c1-13-16(9-6-10-17(13)21-14(2)22)19-12-18(23)20-11-15-7-4-3-5-8-15/h3-10,19H,11-12H2,1-2H3,(H,20,23)(H,21,22). The van der Waals surface area contributed by atoms with Crippen LogP contribution < -0.4 is 16.0 Å². The van der Waals surface area contributed by atoms with Crippen LogP contribution in [0.1, 0.15) is 18.1 Å². The van der Waals surface area contributed by atoms with Gasteiger partial charge in [-0.2, -0.15) is 0 Å². The van der Waals surface area contributed by atoms with Crippen LogP contribution in [0, 0.1) is 6.92 Å². The summed E-state index contributed by atoms with van der Waals surface area (Å²) >= 11 is 0. The molecule has 0 spiro atoms. The molecule has 120 valence electrons. The highest BCUT2D eigenvalue weighted by atomic mass is 16.2. The van der Waals surface area contributed by atoms with Crippen molar-refractivity contribution in [1.29, 1.82) is 0 Å². The molecule has 23 heavy (non-hydrogen) atoms. The maximum absolute atomic E-state index is 11.9. The predicted molar refractivity (Wildman–Crippen MR) is 92.3 cm³/mol. The summed E-state index contributed by atoms with van der Waals surface area (Å²) in [5, 5.41) is 8.73. The van der Waals surface area contributed by atoms with Crippen LogP contribution in [0.4, 0.5) is 11.4 Å². The van der Waals surface area contributed by atoms with Gasteiger partial charge >= 0.3 is 0 Å². The van der Waals surface area contributed by atoms with E-state index in [4.69, 9.17) is 0 Å². The second-order valence-corrected chi connectivity index (χ2v) is 5.28. The fourth-order valence-electron chi connectivity index (χ4n) is 2.19. The summed E-state index contributed by atoms with van der Waals surface area (Å²) in [7, 11) is 0. The van der Waals surface area contributed by atoms with Crippen molar-refractivity contribution in [3.63, 3.8) is 0 Å². The summed E-state index contributed by atoms with van der Waals surface area (Å²) < 4.78 is 0. The highest BCUT2D eigenvalue weighted by Gasteiger charge is 2.07. The molecule has 0 saturated heterocycles. The summed E-state index contributed by atoms with van der Waals surface area (Å²) in [5.41, 5.74) is 3.53. The van der Waals surface area contributed by atoms with Crippen molar-refractivity contribution in [3.8, 4) is 0 Å². The fraction of sp³-hybridized carbons (Fsp3) is 0.222. The Bertz CT molecular complexity index is 684. The minimum Gasteiger partial charge on any atom is -0.376 e. The quantitative estimate of drug-likeness (QED) is 0.768. The van der Waals surface area contributed by atoms with Gasteiger partial charge in [0.15, 0.2) is 0 Å². The van der Waals surface area contributed by atoms with Crippen molar-refractivity contribution in [2.75, 3.05) is 17.2 Å². The van der Waals surface area contributed by atoms with Crippen molar-refractivity contribution in [2.24, 2.45) is 0 Å². The number of benzene rings is 2. The molecule has 2 rings (SSSR count). The van der Waals surface area contributed by atoms with E-state index in [9.17, 15) is 9.59 Å². The number of amides is 2. The van der Waals surface area contributed by atoms with Crippen LogP contribution in [0.2, 0.25) is 0 Å². The SMILES string of the molecule is CC(=O)Nc1cccc(NCC(=O)NCc2ccccc2)c1C. The molecule has 0 unspecified atom stereocenters. The molecule has 2 amide bonds. The molecule has 0 heterocycles. The Morgan fingerprint density at radius 3 is 2.35 bits per heavy atom. The van der Waals surface area contributed by atoms with E-state index >= 15 is 0 Å². The molecule has 0 aliphatic rings. The molecule has 2 aromatic rings. The molecule has 3 N–H and O–H groups in total. The smallest absolute Gasteiger partial charge is 0.239 e. The maximum Gasteiger partial charge on any atom is 0.239 e. The fourth-order valence-corrected chi connectivity index (χ4v) is 2.19. The number of anilines is 2. The zero-order valence-electron chi connectivity index (χ0n) is 13.3. The number of nitrogens with one attached hydrogen (secondary N) is 3. The Morgan fingerprint density at radius 2 is 1.65 bits per heavy atom. The third kappa shape index (κ3) is 5.14. The lowest BCUT2D eigenvalue weighted by Gasteiger charge is -2.13. The Morgan fingerprint density at radius 1 is 0.957 bits per heavy atom. The maximum atomic E-state index is 11.9. The normalized spacial score (nSPS) is 10.0. The van der Waals surface area contributed by atoms with E-state index in [-0.39, 0.29) is 18.4 Å². The molecule has 0 bridgehead atoms. The number of rotatable bonds is 6. The van der Waals surface area contributed by atoms with Crippen molar-refractivity contribution in [2.45, 2.75) is 20.4 Å². The first-order valence-corrected chi connectivity index (χ1v) is 7.48. The molecule has 0 fully saturated rings. The van der Waals surface area contributed by atoms with Gasteiger partial charge < -0.3 is 16.0 Å². The average molecular weight is 311 g/mol. The van der Waals surface area contributed by atoms with E-state index in [1.807, 2.05) is 55.5 Å². The van der Waals surface area contributed by atoms with E-state index < -0.39 is 0 Å². The van der Waals surface area contributed by atoms with Crippen LogP contribution in [-0.4, -0.2) is 18.4 Å². The zero-order valence-corrected chi connectivity index (χ0v) is 13.3. The molecule has 0 atom stereocenters. The molecule has 5 heteroatoms. The monoisotopic (exact) mass is 311 g/mol. The first-order valence-electron chi connectivity index (χ1n) is 7.48. The van der Waals surface area contributed by atoms with Crippen LogP contribution in [0.15, 0.2) is 48.5 Å². The lowest BCUT2D eigenvalue weighted by atomic mass is 10.1. The number of hydrogen-bond donors (Lipinski definition) is 3. The lowest BCUT2D eigenvalue weighted by molar-refractivity contribution is -0.119. The lowest BCUT2D eigenvalue weighted by Crippen LogP contribution is -2.29. The first-order chi connectivity index (χ1) is 11.1. The number of hydrogen-bond acceptors (Lipinski definition) is 3. The summed E-state index contributed by atoms with van der Waals surface area (Å²) in [6.07, 6.45) is 0. The minimum absolute atomic E-state index is 0.0850. The second kappa shape index (κ2) is 7.98. The summed E-state index contributed by atoms with van der Waals surface area (Å²) in [5.74, 6) is -0.205. The van der Waals surface area contributed by atoms with Crippen LogP contribution in [0.3, 0.4) is 0 Å². The summed E-state index contributed by atoms with van der Waals surface area (Å²) in [4.78, 5) is 23.1. The number of carbonyl (C=O) groups excluding carboxylic acids is 2. The van der Waals surface area contributed by atoms with Gasteiger partial charge in [0.25, 0.3) is 0 Å². The van der Waals surface area contributed by atoms with Crippen molar-refractivity contribution >= 4 is 23.2 Å². The number of carbonyl (C=O) groups is 2. The van der Waals surface area contributed by atoms with Gasteiger partial charge in [-0.3, -0.25) is 9.59 Å². The molecule has 2 aromatic carbocycles. The van der Waals surface area contributed by atoms with Crippen LogP contribution in [0.5, 0.6) is 0 Å². The molecule has 5 nitrogen and oxygen atoms in total. The van der Waals surface area contributed by atoms with Crippen molar-refractivity contribution < 1.29 is 9.59 Å². The highest BCUT2D eigenvalue weighted by Crippen LogP contribution is 2.22. The Hall–Kier alpha value is -2.82. The first kappa shape index (κ1) is 16.5. The van der Waals surface area contributed by atoms with Gasteiger partial charge in [-0.05, 0) is 30.2 Å². The van der Waals surface area contributed by atoms with E-state index in [1.165, 1.54) is 6.92 Å². The van der Waals surface area contributed by atoms with Crippen LogP contribution >= 0.6 is 0 Å². The van der Waals surface area contributed by atoms with E-state index in [1.54, 1.807) is 0 Å². The Labute approximate surface area is 136 Å². The Balaban J connectivity index is 1.88. The van der Waals surface area contributed by atoms with Crippen molar-refractivity contribution in [3.05, 3.63) is 59.7 Å². The van der Waals surface area contributed by atoms with E-state index in [2.05, 4.69) is 16.0 Å². The molecular formula is C18H21N3O2. The second-order valence-electron chi connectivity index (χ2n) is 5.28. The molecule has 0 radical (unpaired) electrons. The van der Waals surface area contributed by atoms with Crippen molar-refractivity contribution in [1.82, 2.24) is 5.32 Å². The van der Waals surface area contributed by atoms with Gasteiger partial charge in [0, 0.05) is 24.8 Å². The summed E-state index contributed by atoms with van der Waals surface area (Å²) in [6.45, 7) is 4.05. The molecular weight excluding hydrogens is 290 g/mol. The Kier molecular flexibility index (Phi) is 5.74. The third-order valence-electron chi connectivity index (χ3n) is 3.42. The molecule has 0 aromatic heterocycles. The van der Waals surface area contributed by atoms with Gasteiger partial charge in [0.05, 0.1) is 6.54 Å². The zero-order chi connectivity index (χ0) is 16.7. The topological polar surface area (TPSA) is 70.2 Å². The average Bonchev–Trinajstić information content (AvgIpc) is 2.54. The van der Waals surface area contributed by atoms with Crippen LogP contribution in [0.25, 0.3) is 0 Å².